The number of carbonyl (C=O) groups is 1. The van der Waals surface area contributed by atoms with Crippen molar-refractivity contribution in [2.24, 2.45) is 0 Å². The molecule has 0 heterocycles. The van der Waals surface area contributed by atoms with Crippen LogP contribution in [-0.2, 0) is 11.2 Å². The fourth-order valence-corrected chi connectivity index (χ4v) is 2.30. The van der Waals surface area contributed by atoms with Crippen LogP contribution in [0.5, 0.6) is 5.75 Å². The Labute approximate surface area is 113 Å². The Bertz CT molecular complexity index is 470. The molecule has 0 spiro atoms. The van der Waals surface area contributed by atoms with Crippen LogP contribution in [0.4, 0.5) is 0 Å². The highest BCUT2D eigenvalue weighted by Gasteiger charge is 2.21. The van der Waals surface area contributed by atoms with Gasteiger partial charge in [-0.1, -0.05) is 6.07 Å². The molecule has 0 bridgehead atoms. The van der Waals surface area contributed by atoms with Crippen LogP contribution in [0.25, 0.3) is 0 Å². The van der Waals surface area contributed by atoms with Crippen molar-refractivity contribution in [3.63, 3.8) is 0 Å². The topological polar surface area (TPSA) is 58.6 Å². The van der Waals surface area contributed by atoms with Crippen molar-refractivity contribution >= 4 is 5.91 Å². The molecule has 2 rings (SSSR count). The van der Waals surface area contributed by atoms with Gasteiger partial charge in [0.1, 0.15) is 5.75 Å². The van der Waals surface area contributed by atoms with E-state index in [0.29, 0.717) is 5.75 Å². The summed E-state index contributed by atoms with van der Waals surface area (Å²) in [7, 11) is 0. The van der Waals surface area contributed by atoms with Gasteiger partial charge in [-0.3, -0.25) is 4.79 Å². The van der Waals surface area contributed by atoms with Gasteiger partial charge in [0.25, 0.3) is 5.91 Å². The summed E-state index contributed by atoms with van der Waals surface area (Å²) in [5, 5.41) is 12.6. The zero-order valence-corrected chi connectivity index (χ0v) is 11.6. The lowest BCUT2D eigenvalue weighted by Crippen LogP contribution is -2.40. The summed E-state index contributed by atoms with van der Waals surface area (Å²) < 4.78 is 5.64. The van der Waals surface area contributed by atoms with Gasteiger partial charge < -0.3 is 15.2 Å². The van der Waals surface area contributed by atoms with Gasteiger partial charge in [-0.2, -0.15) is 0 Å². The molecule has 4 heteroatoms. The predicted molar refractivity (Wildman–Crippen MR) is 73.1 cm³/mol. The molecule has 104 valence electrons. The Morgan fingerprint density at radius 3 is 2.84 bits per heavy atom. The van der Waals surface area contributed by atoms with Gasteiger partial charge >= 0.3 is 0 Å². The van der Waals surface area contributed by atoms with Crippen LogP contribution < -0.4 is 10.1 Å². The van der Waals surface area contributed by atoms with Crippen LogP contribution in [0.3, 0.4) is 0 Å². The molecule has 1 unspecified atom stereocenters. The number of aryl methyl sites for hydroxylation is 1. The van der Waals surface area contributed by atoms with Crippen LogP contribution in [0.2, 0.25) is 0 Å². The predicted octanol–water partition coefficient (Wildman–Crippen LogP) is 1.96. The first-order valence-electron chi connectivity index (χ1n) is 6.75. The third kappa shape index (κ3) is 3.26. The molecular weight excluding hydrogens is 242 g/mol. The zero-order chi connectivity index (χ0) is 14.0. The monoisotopic (exact) mass is 263 g/mol. The summed E-state index contributed by atoms with van der Waals surface area (Å²) in [6.45, 7) is 5.57. The summed E-state index contributed by atoms with van der Waals surface area (Å²) in [6.07, 6.45) is 0.750. The molecule has 0 fully saturated rings. The van der Waals surface area contributed by atoms with Crippen molar-refractivity contribution in [2.45, 2.75) is 51.9 Å². The number of carbonyl (C=O) groups excluding carboxylic acids is 1. The number of rotatable bonds is 4. The van der Waals surface area contributed by atoms with Crippen molar-refractivity contribution in [2.75, 3.05) is 0 Å². The number of aliphatic hydroxyl groups excluding tert-OH is 1. The Morgan fingerprint density at radius 2 is 2.16 bits per heavy atom. The number of hydrogen-bond acceptors (Lipinski definition) is 3. The second-order valence-electron chi connectivity index (χ2n) is 5.34. The summed E-state index contributed by atoms with van der Waals surface area (Å²) in [5.41, 5.74) is 2.09. The molecule has 0 saturated carbocycles. The number of benzene rings is 1. The van der Waals surface area contributed by atoms with E-state index in [2.05, 4.69) is 5.32 Å². The maximum Gasteiger partial charge on any atom is 0.260 e. The third-order valence-electron chi connectivity index (χ3n) is 3.27. The molecule has 1 aromatic carbocycles. The minimum Gasteiger partial charge on any atom is -0.481 e. The molecule has 1 aliphatic carbocycles. The van der Waals surface area contributed by atoms with E-state index in [1.807, 2.05) is 32.0 Å². The van der Waals surface area contributed by atoms with Crippen molar-refractivity contribution in [3.05, 3.63) is 29.3 Å². The van der Waals surface area contributed by atoms with Crippen LogP contribution in [0.15, 0.2) is 18.2 Å². The SMILES string of the molecule is CC(C)NC(=O)C(C)Oc1ccc2c(c1)CC[C@H]2O. The first-order valence-corrected chi connectivity index (χ1v) is 6.75. The van der Waals surface area contributed by atoms with Crippen LogP contribution in [-0.4, -0.2) is 23.2 Å². The van der Waals surface area contributed by atoms with E-state index in [9.17, 15) is 9.90 Å². The number of fused-ring (bicyclic) bond motifs is 1. The standard InChI is InChI=1S/C15H21NO3/c1-9(2)16-15(18)10(3)19-12-5-6-13-11(8-12)4-7-14(13)17/h5-6,8-10,14,17H,4,7H2,1-3H3,(H,16,18)/t10?,14-/m1/s1. The maximum absolute atomic E-state index is 11.8. The molecule has 0 radical (unpaired) electrons. The van der Waals surface area contributed by atoms with Crippen molar-refractivity contribution in [1.82, 2.24) is 5.32 Å². The number of nitrogens with one attached hydrogen (secondary N) is 1. The number of amides is 1. The fraction of sp³-hybridized carbons (Fsp3) is 0.533. The van der Waals surface area contributed by atoms with Crippen molar-refractivity contribution < 1.29 is 14.6 Å². The van der Waals surface area contributed by atoms with Gasteiger partial charge in [-0.25, -0.2) is 0 Å². The third-order valence-corrected chi connectivity index (χ3v) is 3.27. The van der Waals surface area contributed by atoms with Crippen molar-refractivity contribution in [1.29, 1.82) is 0 Å². The Kier molecular flexibility index (Phi) is 4.10. The average molecular weight is 263 g/mol. The quantitative estimate of drug-likeness (QED) is 0.873. The Balaban J connectivity index is 2.02. The van der Waals surface area contributed by atoms with Gasteiger partial charge in [0.15, 0.2) is 6.10 Å². The number of hydrogen-bond donors (Lipinski definition) is 2. The Hall–Kier alpha value is -1.55. The van der Waals surface area contributed by atoms with Crippen LogP contribution in [0, 0.1) is 0 Å². The second kappa shape index (κ2) is 5.61. The second-order valence-corrected chi connectivity index (χ2v) is 5.34. The average Bonchev–Trinajstić information content (AvgIpc) is 2.70. The molecule has 1 aromatic rings. The minimum absolute atomic E-state index is 0.105. The van der Waals surface area contributed by atoms with Gasteiger partial charge in [0.05, 0.1) is 6.10 Å². The molecule has 0 saturated heterocycles. The molecule has 1 amide bonds. The molecule has 0 aromatic heterocycles. The minimum atomic E-state index is -0.522. The van der Waals surface area contributed by atoms with Crippen LogP contribution >= 0.6 is 0 Å². The molecule has 2 atom stereocenters. The summed E-state index contributed by atoms with van der Waals surface area (Å²) >= 11 is 0. The summed E-state index contributed by atoms with van der Waals surface area (Å²) in [6, 6.07) is 5.72. The Morgan fingerprint density at radius 1 is 1.42 bits per heavy atom. The normalized spacial score (nSPS) is 19.1. The van der Waals surface area contributed by atoms with E-state index < -0.39 is 6.10 Å². The van der Waals surface area contributed by atoms with E-state index in [-0.39, 0.29) is 18.1 Å². The highest BCUT2D eigenvalue weighted by molar-refractivity contribution is 5.80. The van der Waals surface area contributed by atoms with Gasteiger partial charge in [-0.15, -0.1) is 0 Å². The summed E-state index contributed by atoms with van der Waals surface area (Å²) in [4.78, 5) is 11.8. The van der Waals surface area contributed by atoms with Gasteiger partial charge in [0.2, 0.25) is 0 Å². The molecule has 0 aliphatic heterocycles. The fourth-order valence-electron chi connectivity index (χ4n) is 2.30. The first-order chi connectivity index (χ1) is 8.97. The number of ether oxygens (including phenoxy) is 1. The smallest absolute Gasteiger partial charge is 0.260 e. The van der Waals surface area contributed by atoms with Crippen molar-refractivity contribution in [3.8, 4) is 5.75 Å². The molecule has 4 nitrogen and oxygen atoms in total. The number of aliphatic hydroxyl groups is 1. The van der Waals surface area contributed by atoms with Gasteiger partial charge in [-0.05, 0) is 56.9 Å². The van der Waals surface area contributed by atoms with Crippen LogP contribution in [0.1, 0.15) is 44.4 Å². The molecule has 19 heavy (non-hydrogen) atoms. The molecule has 2 N–H and O–H groups in total. The highest BCUT2D eigenvalue weighted by Crippen LogP contribution is 2.33. The van der Waals surface area contributed by atoms with E-state index in [0.717, 1.165) is 24.0 Å². The largest absolute Gasteiger partial charge is 0.481 e. The zero-order valence-electron chi connectivity index (χ0n) is 11.6. The highest BCUT2D eigenvalue weighted by atomic mass is 16.5. The lowest BCUT2D eigenvalue weighted by Gasteiger charge is -2.17. The lowest BCUT2D eigenvalue weighted by molar-refractivity contribution is -0.127. The van der Waals surface area contributed by atoms with E-state index in [1.165, 1.54) is 0 Å². The van der Waals surface area contributed by atoms with Gasteiger partial charge in [0, 0.05) is 6.04 Å². The first kappa shape index (κ1) is 13.9. The van der Waals surface area contributed by atoms with E-state index in [4.69, 9.17) is 4.74 Å². The molecule has 1 aliphatic rings. The summed E-state index contributed by atoms with van der Waals surface area (Å²) in [5.74, 6) is 0.565. The van der Waals surface area contributed by atoms with E-state index in [1.54, 1.807) is 6.92 Å². The lowest BCUT2D eigenvalue weighted by atomic mass is 10.1. The maximum atomic E-state index is 11.8. The molecular formula is C15H21NO3. The van der Waals surface area contributed by atoms with E-state index >= 15 is 0 Å².